The van der Waals surface area contributed by atoms with Crippen LogP contribution in [0.1, 0.15) is 5.56 Å². The SMILES string of the molecule is CN(C)C(=O)COc1cccc(CNc2c([N+](=O)[O-])ncn2C)c1. The number of anilines is 1. The number of likely N-dealkylation sites (N-methyl/N-ethyl adjacent to an activating group) is 1. The Bertz CT molecular complexity index is 741. The summed E-state index contributed by atoms with van der Waals surface area (Å²) in [7, 11) is 4.99. The summed E-state index contributed by atoms with van der Waals surface area (Å²) in [5.74, 6) is 0.531. The molecule has 24 heavy (non-hydrogen) atoms. The Morgan fingerprint density at radius 1 is 1.46 bits per heavy atom. The molecule has 0 fully saturated rings. The van der Waals surface area contributed by atoms with Crippen molar-refractivity contribution in [2.75, 3.05) is 26.0 Å². The fourth-order valence-corrected chi connectivity index (χ4v) is 1.96. The second-order valence-electron chi connectivity index (χ2n) is 5.36. The third-order valence-electron chi connectivity index (χ3n) is 3.31. The summed E-state index contributed by atoms with van der Waals surface area (Å²) in [4.78, 5) is 27.1. The van der Waals surface area contributed by atoms with E-state index in [1.807, 2.05) is 6.07 Å². The molecule has 0 spiro atoms. The van der Waals surface area contributed by atoms with Gasteiger partial charge in [0.1, 0.15) is 5.75 Å². The van der Waals surface area contributed by atoms with Crippen LogP contribution in [0.3, 0.4) is 0 Å². The fraction of sp³-hybridized carbons (Fsp3) is 0.333. The molecule has 0 saturated carbocycles. The number of rotatable bonds is 7. The molecular weight excluding hydrogens is 314 g/mol. The third-order valence-corrected chi connectivity index (χ3v) is 3.31. The van der Waals surface area contributed by atoms with E-state index in [0.29, 0.717) is 18.1 Å². The van der Waals surface area contributed by atoms with Gasteiger partial charge < -0.3 is 25.1 Å². The molecule has 128 valence electrons. The van der Waals surface area contributed by atoms with Gasteiger partial charge in [-0.15, -0.1) is 0 Å². The summed E-state index contributed by atoms with van der Waals surface area (Å²) in [6.45, 7) is 0.316. The summed E-state index contributed by atoms with van der Waals surface area (Å²) >= 11 is 0. The monoisotopic (exact) mass is 333 g/mol. The number of nitrogens with zero attached hydrogens (tertiary/aromatic N) is 4. The maximum atomic E-state index is 11.5. The molecular formula is C15H19N5O4. The largest absolute Gasteiger partial charge is 0.484 e. The van der Waals surface area contributed by atoms with Gasteiger partial charge in [-0.05, 0) is 27.6 Å². The molecule has 0 atom stereocenters. The predicted molar refractivity (Wildman–Crippen MR) is 87.8 cm³/mol. The zero-order valence-corrected chi connectivity index (χ0v) is 13.7. The Morgan fingerprint density at radius 2 is 2.21 bits per heavy atom. The van der Waals surface area contributed by atoms with Crippen LogP contribution in [0.15, 0.2) is 30.6 Å². The second kappa shape index (κ2) is 7.44. The van der Waals surface area contributed by atoms with Gasteiger partial charge in [0.2, 0.25) is 12.1 Å². The van der Waals surface area contributed by atoms with E-state index in [2.05, 4.69) is 10.3 Å². The number of nitro groups is 1. The summed E-state index contributed by atoms with van der Waals surface area (Å²) in [6.07, 6.45) is 1.38. The first-order valence-corrected chi connectivity index (χ1v) is 7.20. The van der Waals surface area contributed by atoms with Crippen LogP contribution in [0, 0.1) is 10.1 Å². The van der Waals surface area contributed by atoms with Crippen molar-refractivity contribution in [1.82, 2.24) is 14.5 Å². The van der Waals surface area contributed by atoms with Gasteiger partial charge in [0.25, 0.3) is 5.91 Å². The van der Waals surface area contributed by atoms with Gasteiger partial charge in [-0.2, -0.15) is 0 Å². The summed E-state index contributed by atoms with van der Waals surface area (Å²) in [5, 5.41) is 13.9. The lowest BCUT2D eigenvalue weighted by Gasteiger charge is -2.12. The first kappa shape index (κ1) is 17.3. The molecule has 1 heterocycles. The number of nitrogens with one attached hydrogen (secondary N) is 1. The Kier molecular flexibility index (Phi) is 5.35. The van der Waals surface area contributed by atoms with Gasteiger partial charge in [-0.1, -0.05) is 12.1 Å². The Labute approximate surface area is 139 Å². The van der Waals surface area contributed by atoms with Crippen molar-refractivity contribution in [2.45, 2.75) is 6.54 Å². The molecule has 1 aromatic carbocycles. The molecule has 9 nitrogen and oxygen atoms in total. The number of amides is 1. The molecule has 1 amide bonds. The minimum absolute atomic E-state index is 0.0446. The minimum Gasteiger partial charge on any atom is -0.484 e. The van der Waals surface area contributed by atoms with Gasteiger partial charge in [0.05, 0.1) is 0 Å². The van der Waals surface area contributed by atoms with Crippen molar-refractivity contribution >= 4 is 17.5 Å². The summed E-state index contributed by atoms with van der Waals surface area (Å²) < 4.78 is 7.00. The van der Waals surface area contributed by atoms with Crippen molar-refractivity contribution < 1.29 is 14.5 Å². The third kappa shape index (κ3) is 4.22. The first-order valence-electron chi connectivity index (χ1n) is 7.20. The van der Waals surface area contributed by atoms with Gasteiger partial charge in [0, 0.05) is 27.7 Å². The number of imidazole rings is 1. The van der Waals surface area contributed by atoms with Crippen LogP contribution >= 0.6 is 0 Å². The highest BCUT2D eigenvalue weighted by Gasteiger charge is 2.19. The van der Waals surface area contributed by atoms with E-state index in [9.17, 15) is 14.9 Å². The van der Waals surface area contributed by atoms with E-state index >= 15 is 0 Å². The lowest BCUT2D eigenvalue weighted by Crippen LogP contribution is -2.27. The number of carbonyl (C=O) groups excluding carboxylic acids is 1. The Hall–Kier alpha value is -3.10. The van der Waals surface area contributed by atoms with Crippen LogP contribution in [-0.2, 0) is 18.4 Å². The standard InChI is InChI=1S/C15H19N5O4/c1-18(2)13(21)9-24-12-6-4-5-11(7-12)8-16-14-15(20(22)23)17-10-19(14)3/h4-7,10,16H,8-9H2,1-3H3. The van der Waals surface area contributed by atoms with Gasteiger partial charge >= 0.3 is 5.82 Å². The highest BCUT2D eigenvalue weighted by molar-refractivity contribution is 5.77. The fourth-order valence-electron chi connectivity index (χ4n) is 1.96. The van der Waals surface area contributed by atoms with Crippen LogP contribution in [-0.4, -0.2) is 46.0 Å². The normalized spacial score (nSPS) is 10.3. The number of benzene rings is 1. The topological polar surface area (TPSA) is 103 Å². The van der Waals surface area contributed by atoms with Crippen molar-refractivity contribution in [1.29, 1.82) is 0 Å². The highest BCUT2D eigenvalue weighted by Crippen LogP contribution is 2.22. The van der Waals surface area contributed by atoms with Crippen LogP contribution in [0.4, 0.5) is 11.6 Å². The van der Waals surface area contributed by atoms with E-state index in [-0.39, 0.29) is 18.3 Å². The van der Waals surface area contributed by atoms with E-state index in [4.69, 9.17) is 4.74 Å². The molecule has 0 radical (unpaired) electrons. The highest BCUT2D eigenvalue weighted by atomic mass is 16.6. The number of hydrogen-bond acceptors (Lipinski definition) is 6. The van der Waals surface area contributed by atoms with Crippen LogP contribution in [0.2, 0.25) is 0 Å². The predicted octanol–water partition coefficient (Wildman–Crippen LogP) is 1.41. The molecule has 9 heteroatoms. The second-order valence-corrected chi connectivity index (χ2v) is 5.36. The molecule has 0 aliphatic heterocycles. The molecule has 2 aromatic rings. The van der Waals surface area contributed by atoms with Crippen molar-refractivity contribution in [3.8, 4) is 5.75 Å². The maximum Gasteiger partial charge on any atom is 0.406 e. The minimum atomic E-state index is -0.533. The zero-order valence-electron chi connectivity index (χ0n) is 13.7. The first-order chi connectivity index (χ1) is 11.4. The molecule has 0 saturated heterocycles. The average Bonchev–Trinajstić information content (AvgIpc) is 2.92. The van der Waals surface area contributed by atoms with Crippen LogP contribution in [0.25, 0.3) is 0 Å². The van der Waals surface area contributed by atoms with E-state index in [1.165, 1.54) is 11.2 Å². The average molecular weight is 333 g/mol. The molecule has 0 aliphatic carbocycles. The Balaban J connectivity index is 2.01. The number of aromatic nitrogens is 2. The van der Waals surface area contributed by atoms with Crippen molar-refractivity contribution in [3.63, 3.8) is 0 Å². The maximum absolute atomic E-state index is 11.5. The number of carbonyl (C=O) groups is 1. The van der Waals surface area contributed by atoms with E-state index in [1.54, 1.807) is 43.9 Å². The van der Waals surface area contributed by atoms with Gasteiger partial charge in [0.15, 0.2) is 6.61 Å². The smallest absolute Gasteiger partial charge is 0.406 e. The number of ether oxygens (including phenoxy) is 1. The van der Waals surface area contributed by atoms with Gasteiger partial charge in [-0.3, -0.25) is 9.36 Å². The molecule has 1 N–H and O–H groups in total. The van der Waals surface area contributed by atoms with Crippen molar-refractivity contribution in [2.24, 2.45) is 7.05 Å². The molecule has 0 bridgehead atoms. The number of hydrogen-bond donors (Lipinski definition) is 1. The van der Waals surface area contributed by atoms with Crippen LogP contribution < -0.4 is 10.1 Å². The Morgan fingerprint density at radius 3 is 2.88 bits per heavy atom. The lowest BCUT2D eigenvalue weighted by molar-refractivity contribution is -0.388. The zero-order chi connectivity index (χ0) is 17.7. The molecule has 0 aliphatic rings. The lowest BCUT2D eigenvalue weighted by atomic mass is 10.2. The quantitative estimate of drug-likeness (QED) is 0.607. The molecule has 2 rings (SSSR count). The summed E-state index contributed by atoms with van der Waals surface area (Å²) in [5.41, 5.74) is 0.861. The summed E-state index contributed by atoms with van der Waals surface area (Å²) in [6, 6.07) is 7.18. The number of aryl methyl sites for hydroxylation is 1. The van der Waals surface area contributed by atoms with E-state index < -0.39 is 4.92 Å². The van der Waals surface area contributed by atoms with Gasteiger partial charge in [-0.25, -0.2) is 0 Å². The van der Waals surface area contributed by atoms with Crippen molar-refractivity contribution in [3.05, 3.63) is 46.3 Å². The van der Waals surface area contributed by atoms with Crippen LogP contribution in [0.5, 0.6) is 5.75 Å². The molecule has 0 unspecified atom stereocenters. The van der Waals surface area contributed by atoms with E-state index in [0.717, 1.165) is 5.56 Å². The molecule has 1 aromatic heterocycles.